The fraction of sp³-hybridized carbons (Fsp3) is 0.238. The van der Waals surface area contributed by atoms with Crippen molar-refractivity contribution in [2.75, 3.05) is 5.32 Å². The molecule has 0 bridgehead atoms. The van der Waals surface area contributed by atoms with E-state index in [0.717, 1.165) is 27.9 Å². The summed E-state index contributed by atoms with van der Waals surface area (Å²) in [6, 6.07) is 11.6. The monoisotopic (exact) mass is 365 g/mol. The van der Waals surface area contributed by atoms with Crippen LogP contribution in [-0.4, -0.2) is 16.9 Å². The lowest BCUT2D eigenvalue weighted by Crippen LogP contribution is -2.36. The van der Waals surface area contributed by atoms with Gasteiger partial charge in [-0.2, -0.15) is 11.3 Å². The number of rotatable bonds is 6. The molecule has 0 spiro atoms. The number of carbonyl (C=O) groups excluding carboxylic acids is 1. The van der Waals surface area contributed by atoms with Gasteiger partial charge in [0.25, 0.3) is 0 Å². The van der Waals surface area contributed by atoms with Gasteiger partial charge in [-0.1, -0.05) is 19.9 Å². The first-order valence-corrected chi connectivity index (χ1v) is 9.62. The van der Waals surface area contributed by atoms with Gasteiger partial charge in [0.2, 0.25) is 5.91 Å². The quantitative estimate of drug-likeness (QED) is 0.660. The highest BCUT2D eigenvalue weighted by molar-refractivity contribution is 7.08. The van der Waals surface area contributed by atoms with Crippen molar-refractivity contribution in [1.29, 1.82) is 0 Å². The molecule has 4 nitrogen and oxygen atoms in total. The van der Waals surface area contributed by atoms with Gasteiger partial charge in [-0.15, -0.1) is 0 Å². The lowest BCUT2D eigenvalue weighted by molar-refractivity contribution is -0.117. The minimum atomic E-state index is -0.509. The minimum Gasteiger partial charge on any atom is -0.324 e. The van der Waals surface area contributed by atoms with Crippen LogP contribution in [0.2, 0.25) is 0 Å². The molecule has 3 aromatic rings. The van der Waals surface area contributed by atoms with Crippen molar-refractivity contribution < 1.29 is 4.79 Å². The van der Waals surface area contributed by atoms with E-state index in [2.05, 4.69) is 41.7 Å². The van der Waals surface area contributed by atoms with Crippen molar-refractivity contribution in [2.45, 2.75) is 26.3 Å². The van der Waals surface area contributed by atoms with Crippen LogP contribution in [0.25, 0.3) is 22.3 Å². The average molecular weight is 366 g/mol. The van der Waals surface area contributed by atoms with E-state index in [1.165, 1.54) is 0 Å². The molecule has 0 fully saturated rings. The van der Waals surface area contributed by atoms with Gasteiger partial charge in [-0.25, -0.2) is 0 Å². The molecule has 0 aliphatic rings. The molecule has 1 aromatic carbocycles. The third-order valence-electron chi connectivity index (χ3n) is 4.19. The summed E-state index contributed by atoms with van der Waals surface area (Å²) in [5, 5.41) is 7.12. The second-order valence-corrected chi connectivity index (χ2v) is 7.51. The summed E-state index contributed by atoms with van der Waals surface area (Å²) in [5.41, 5.74) is 11.1. The van der Waals surface area contributed by atoms with E-state index in [-0.39, 0.29) is 5.91 Å². The largest absolute Gasteiger partial charge is 0.324 e. The van der Waals surface area contributed by atoms with Gasteiger partial charge in [-0.3, -0.25) is 9.78 Å². The molecule has 2 aromatic heterocycles. The van der Waals surface area contributed by atoms with E-state index in [1.54, 1.807) is 23.7 Å². The molecule has 5 heteroatoms. The van der Waals surface area contributed by atoms with Crippen molar-refractivity contribution in [2.24, 2.45) is 11.7 Å². The Bertz CT molecular complexity index is 860. The first-order chi connectivity index (χ1) is 12.5. The maximum atomic E-state index is 12.5. The second-order valence-electron chi connectivity index (χ2n) is 6.73. The third kappa shape index (κ3) is 4.36. The molecule has 1 amide bonds. The number of nitrogens with one attached hydrogen (secondary N) is 1. The van der Waals surface area contributed by atoms with Gasteiger partial charge < -0.3 is 11.1 Å². The van der Waals surface area contributed by atoms with Crippen molar-refractivity contribution in [3.05, 3.63) is 59.6 Å². The maximum Gasteiger partial charge on any atom is 0.241 e. The Morgan fingerprint density at radius 2 is 1.88 bits per heavy atom. The lowest BCUT2D eigenvalue weighted by atomic mass is 9.99. The first-order valence-electron chi connectivity index (χ1n) is 8.68. The van der Waals surface area contributed by atoms with Gasteiger partial charge in [0.1, 0.15) is 0 Å². The molecule has 0 saturated heterocycles. The van der Waals surface area contributed by atoms with Crippen molar-refractivity contribution in [3.8, 4) is 22.3 Å². The summed E-state index contributed by atoms with van der Waals surface area (Å²) in [6.07, 6.45) is 4.22. The van der Waals surface area contributed by atoms with E-state index < -0.39 is 6.04 Å². The molecule has 1 unspecified atom stereocenters. The highest BCUT2D eigenvalue weighted by atomic mass is 32.1. The zero-order valence-corrected chi connectivity index (χ0v) is 15.8. The zero-order valence-electron chi connectivity index (χ0n) is 15.0. The number of aromatic nitrogens is 1. The third-order valence-corrected chi connectivity index (χ3v) is 4.87. The van der Waals surface area contributed by atoms with Crippen molar-refractivity contribution >= 4 is 22.9 Å². The highest BCUT2D eigenvalue weighted by Crippen LogP contribution is 2.34. The highest BCUT2D eigenvalue weighted by Gasteiger charge is 2.17. The standard InChI is InChI=1S/C21H23N3OS/c1-14(2)11-19(22)21(25)24-20-4-3-16(15-5-8-23-9-6-15)12-18(20)17-7-10-26-13-17/h3-10,12-14,19H,11,22H2,1-2H3,(H,24,25). The van der Waals surface area contributed by atoms with Gasteiger partial charge in [0.15, 0.2) is 0 Å². The number of benzene rings is 1. The van der Waals surface area contributed by atoms with E-state index in [9.17, 15) is 4.79 Å². The smallest absolute Gasteiger partial charge is 0.241 e. The van der Waals surface area contributed by atoms with Crippen LogP contribution in [0.5, 0.6) is 0 Å². The summed E-state index contributed by atoms with van der Waals surface area (Å²) < 4.78 is 0. The van der Waals surface area contributed by atoms with Crippen molar-refractivity contribution in [1.82, 2.24) is 4.98 Å². The predicted molar refractivity (Wildman–Crippen MR) is 109 cm³/mol. The Morgan fingerprint density at radius 1 is 1.12 bits per heavy atom. The fourth-order valence-corrected chi connectivity index (χ4v) is 3.53. The predicted octanol–water partition coefficient (Wildman–Crippen LogP) is 4.79. The molecule has 0 aliphatic carbocycles. The number of amides is 1. The van der Waals surface area contributed by atoms with Gasteiger partial charge >= 0.3 is 0 Å². The molecular formula is C21H23N3OS. The summed E-state index contributed by atoms with van der Waals surface area (Å²) in [7, 11) is 0. The molecule has 134 valence electrons. The molecule has 2 heterocycles. The lowest BCUT2D eigenvalue weighted by Gasteiger charge is -2.17. The minimum absolute atomic E-state index is 0.146. The maximum absolute atomic E-state index is 12.5. The molecular weight excluding hydrogens is 342 g/mol. The summed E-state index contributed by atoms with van der Waals surface area (Å²) >= 11 is 1.63. The van der Waals surface area contributed by atoms with Gasteiger partial charge in [-0.05, 0) is 70.1 Å². The van der Waals surface area contributed by atoms with Gasteiger partial charge in [0.05, 0.1) is 6.04 Å². The van der Waals surface area contributed by atoms with Crippen LogP contribution in [-0.2, 0) is 4.79 Å². The summed E-state index contributed by atoms with van der Waals surface area (Å²) in [5.74, 6) is 0.230. The molecule has 1 atom stereocenters. The average Bonchev–Trinajstić information content (AvgIpc) is 3.16. The Hall–Kier alpha value is -2.50. The van der Waals surface area contributed by atoms with Crippen LogP contribution in [0.15, 0.2) is 59.6 Å². The number of pyridine rings is 1. The molecule has 0 saturated carbocycles. The van der Waals surface area contributed by atoms with Crippen LogP contribution < -0.4 is 11.1 Å². The Labute approximate surface area is 158 Å². The summed E-state index contributed by atoms with van der Waals surface area (Å²) in [6.45, 7) is 4.13. The SMILES string of the molecule is CC(C)CC(N)C(=O)Nc1ccc(-c2ccncc2)cc1-c1ccsc1. The number of thiophene rings is 1. The number of hydrogen-bond acceptors (Lipinski definition) is 4. The van der Waals surface area contributed by atoms with E-state index >= 15 is 0 Å². The van der Waals surface area contributed by atoms with Crippen LogP contribution in [0.4, 0.5) is 5.69 Å². The number of anilines is 1. The van der Waals surface area contributed by atoms with Gasteiger partial charge in [0, 0.05) is 23.6 Å². The van der Waals surface area contributed by atoms with Crippen molar-refractivity contribution in [3.63, 3.8) is 0 Å². The van der Waals surface area contributed by atoms with Crippen LogP contribution >= 0.6 is 11.3 Å². The van der Waals surface area contributed by atoms with E-state index in [4.69, 9.17) is 5.73 Å². The number of hydrogen-bond donors (Lipinski definition) is 2. The molecule has 26 heavy (non-hydrogen) atoms. The topological polar surface area (TPSA) is 68.0 Å². The summed E-state index contributed by atoms with van der Waals surface area (Å²) in [4.78, 5) is 16.6. The first kappa shape index (κ1) is 18.3. The van der Waals surface area contributed by atoms with Crippen LogP contribution in [0, 0.1) is 5.92 Å². The Balaban J connectivity index is 1.94. The molecule has 3 N–H and O–H groups in total. The molecule has 0 radical (unpaired) electrons. The second kappa shape index (κ2) is 8.25. The number of nitrogens with zero attached hydrogens (tertiary/aromatic N) is 1. The molecule has 3 rings (SSSR count). The molecule has 0 aliphatic heterocycles. The number of carbonyl (C=O) groups is 1. The fourth-order valence-electron chi connectivity index (χ4n) is 2.87. The van der Waals surface area contributed by atoms with Crippen LogP contribution in [0.3, 0.4) is 0 Å². The van der Waals surface area contributed by atoms with E-state index in [1.807, 2.05) is 29.6 Å². The van der Waals surface area contributed by atoms with Crippen LogP contribution in [0.1, 0.15) is 20.3 Å². The van der Waals surface area contributed by atoms with E-state index in [0.29, 0.717) is 12.3 Å². The number of nitrogens with two attached hydrogens (primary N) is 1. The Morgan fingerprint density at radius 3 is 2.54 bits per heavy atom. The normalized spacial score (nSPS) is 12.2. The zero-order chi connectivity index (χ0) is 18.5. The Kier molecular flexibility index (Phi) is 5.81.